The van der Waals surface area contributed by atoms with Gasteiger partial charge >= 0.3 is 0 Å². The van der Waals surface area contributed by atoms with Crippen LogP contribution in [0.4, 0.5) is 0 Å². The average Bonchev–Trinajstić information content (AvgIpc) is 2.89. The van der Waals surface area contributed by atoms with Gasteiger partial charge in [-0.25, -0.2) is 0 Å². The van der Waals surface area contributed by atoms with Gasteiger partial charge in [0.25, 0.3) is 0 Å². The fourth-order valence-electron chi connectivity index (χ4n) is 1.68. The van der Waals surface area contributed by atoms with Crippen LogP contribution < -0.4 is 15.8 Å². The summed E-state index contributed by atoms with van der Waals surface area (Å²) in [5.41, 5.74) is 6.97. The van der Waals surface area contributed by atoms with Crippen LogP contribution in [0.5, 0.6) is 5.75 Å². The number of thiophene rings is 1. The number of nitrogens with two attached hydrogens (primary N) is 1. The Kier molecular flexibility index (Phi) is 4.54. The molecule has 1 amide bonds. The van der Waals surface area contributed by atoms with Gasteiger partial charge in [-0.1, -0.05) is 12.1 Å². The highest BCUT2D eigenvalue weighted by atomic mass is 32.1. The van der Waals surface area contributed by atoms with Crippen molar-refractivity contribution in [3.8, 4) is 5.75 Å². The molecule has 0 atom stereocenters. The minimum atomic E-state index is -0.377. The Bertz CT molecular complexity index is 549. The van der Waals surface area contributed by atoms with Crippen molar-refractivity contribution in [3.63, 3.8) is 0 Å². The van der Waals surface area contributed by atoms with E-state index in [1.807, 2.05) is 30.3 Å². The molecular weight excluding hydrogens is 260 g/mol. The molecule has 1 aromatic carbocycles. The van der Waals surface area contributed by atoms with Crippen LogP contribution >= 0.6 is 11.3 Å². The summed E-state index contributed by atoms with van der Waals surface area (Å²) < 4.78 is 5.11. The summed E-state index contributed by atoms with van der Waals surface area (Å²) >= 11 is 1.54. The lowest BCUT2D eigenvalue weighted by atomic mass is 10.2. The van der Waals surface area contributed by atoms with Crippen molar-refractivity contribution in [1.82, 2.24) is 5.32 Å². The summed E-state index contributed by atoms with van der Waals surface area (Å²) in [7, 11) is 1.65. The molecule has 0 saturated carbocycles. The van der Waals surface area contributed by atoms with E-state index in [4.69, 9.17) is 10.5 Å². The summed E-state index contributed by atoms with van der Waals surface area (Å²) in [5.74, 6) is 0.478. The van der Waals surface area contributed by atoms with Crippen molar-refractivity contribution < 1.29 is 9.53 Å². The summed E-state index contributed by atoms with van der Waals surface area (Å²) in [6.07, 6.45) is 0. The quantitative estimate of drug-likeness (QED) is 0.849. The number of hydrogen-bond donors (Lipinski definition) is 2. The Morgan fingerprint density at radius 3 is 2.63 bits per heavy atom. The molecule has 0 spiro atoms. The van der Waals surface area contributed by atoms with Gasteiger partial charge in [-0.15, -0.1) is 11.3 Å². The second kappa shape index (κ2) is 6.36. The molecule has 0 saturated heterocycles. The van der Waals surface area contributed by atoms with Crippen molar-refractivity contribution in [3.05, 3.63) is 51.7 Å². The maximum atomic E-state index is 11.0. The fraction of sp³-hybridized carbons (Fsp3) is 0.214. The third kappa shape index (κ3) is 3.81. The molecule has 1 aromatic heterocycles. The van der Waals surface area contributed by atoms with E-state index in [0.29, 0.717) is 5.56 Å². The Labute approximate surface area is 116 Å². The van der Waals surface area contributed by atoms with E-state index in [2.05, 4.69) is 5.32 Å². The fourth-order valence-corrected chi connectivity index (χ4v) is 2.52. The summed E-state index contributed by atoms with van der Waals surface area (Å²) in [5, 5.41) is 5.11. The van der Waals surface area contributed by atoms with Crippen molar-refractivity contribution in [2.45, 2.75) is 13.1 Å². The van der Waals surface area contributed by atoms with Gasteiger partial charge in [0, 0.05) is 23.3 Å². The molecule has 3 N–H and O–H groups in total. The van der Waals surface area contributed by atoms with E-state index < -0.39 is 0 Å². The molecule has 5 heteroatoms. The first-order chi connectivity index (χ1) is 9.19. The van der Waals surface area contributed by atoms with Crippen LogP contribution in [0, 0.1) is 0 Å². The Balaban J connectivity index is 1.83. The highest BCUT2D eigenvalue weighted by Crippen LogP contribution is 2.15. The SMILES string of the molecule is COc1ccc(CNCc2cc(C(N)=O)cs2)cc1. The van der Waals surface area contributed by atoms with Crippen molar-refractivity contribution in [2.75, 3.05) is 7.11 Å². The third-order valence-electron chi connectivity index (χ3n) is 2.73. The maximum Gasteiger partial charge on any atom is 0.249 e. The zero-order valence-electron chi connectivity index (χ0n) is 10.7. The molecule has 19 heavy (non-hydrogen) atoms. The lowest BCUT2D eigenvalue weighted by Crippen LogP contribution is -2.12. The zero-order valence-corrected chi connectivity index (χ0v) is 11.5. The molecular formula is C14H16N2O2S. The van der Waals surface area contributed by atoms with Gasteiger partial charge in [0.1, 0.15) is 5.75 Å². The number of nitrogens with one attached hydrogen (secondary N) is 1. The van der Waals surface area contributed by atoms with E-state index in [1.165, 1.54) is 16.9 Å². The van der Waals surface area contributed by atoms with Crippen molar-refractivity contribution in [1.29, 1.82) is 0 Å². The predicted molar refractivity (Wildman–Crippen MR) is 76.4 cm³/mol. The molecule has 0 aliphatic carbocycles. The number of carbonyl (C=O) groups is 1. The number of hydrogen-bond acceptors (Lipinski definition) is 4. The molecule has 0 fully saturated rings. The average molecular weight is 276 g/mol. The lowest BCUT2D eigenvalue weighted by Gasteiger charge is -2.04. The van der Waals surface area contributed by atoms with E-state index >= 15 is 0 Å². The van der Waals surface area contributed by atoms with Gasteiger partial charge < -0.3 is 15.8 Å². The zero-order chi connectivity index (χ0) is 13.7. The summed E-state index contributed by atoms with van der Waals surface area (Å²) in [6, 6.07) is 9.75. The van der Waals surface area contributed by atoms with Crippen LogP contribution in [0.25, 0.3) is 0 Å². The van der Waals surface area contributed by atoms with Crippen LogP contribution in [-0.2, 0) is 13.1 Å². The van der Waals surface area contributed by atoms with Crippen molar-refractivity contribution >= 4 is 17.2 Å². The third-order valence-corrected chi connectivity index (χ3v) is 3.66. The smallest absolute Gasteiger partial charge is 0.249 e. The minimum absolute atomic E-state index is 0.377. The van der Waals surface area contributed by atoms with Crippen molar-refractivity contribution in [2.24, 2.45) is 5.73 Å². The number of amides is 1. The maximum absolute atomic E-state index is 11.0. The number of carbonyl (C=O) groups excluding carboxylic acids is 1. The highest BCUT2D eigenvalue weighted by molar-refractivity contribution is 7.10. The summed E-state index contributed by atoms with van der Waals surface area (Å²) in [6.45, 7) is 1.50. The molecule has 100 valence electrons. The molecule has 2 rings (SSSR count). The molecule has 0 aliphatic heterocycles. The molecule has 4 nitrogen and oxygen atoms in total. The number of benzene rings is 1. The number of primary amides is 1. The van der Waals surface area contributed by atoms with Gasteiger partial charge in [0.05, 0.1) is 12.7 Å². The molecule has 0 aliphatic rings. The topological polar surface area (TPSA) is 64.3 Å². The molecule has 0 bridgehead atoms. The molecule has 2 aromatic rings. The van der Waals surface area contributed by atoms with Gasteiger partial charge in [-0.05, 0) is 23.8 Å². The van der Waals surface area contributed by atoms with Crippen LogP contribution in [0.2, 0.25) is 0 Å². The predicted octanol–water partition coefficient (Wildman–Crippen LogP) is 2.15. The van der Waals surface area contributed by atoms with Gasteiger partial charge in [-0.3, -0.25) is 4.79 Å². The first-order valence-corrected chi connectivity index (χ1v) is 6.78. The van der Waals surface area contributed by atoms with Crippen LogP contribution in [0.15, 0.2) is 35.7 Å². The van der Waals surface area contributed by atoms with Crippen LogP contribution in [0.1, 0.15) is 20.8 Å². The second-order valence-corrected chi connectivity index (χ2v) is 5.11. The largest absolute Gasteiger partial charge is 0.497 e. The summed E-state index contributed by atoms with van der Waals surface area (Å²) in [4.78, 5) is 12.1. The van der Waals surface area contributed by atoms with E-state index in [0.717, 1.165) is 23.7 Å². The number of methoxy groups -OCH3 is 1. The highest BCUT2D eigenvalue weighted by Gasteiger charge is 2.04. The second-order valence-electron chi connectivity index (χ2n) is 4.12. The minimum Gasteiger partial charge on any atom is -0.497 e. The number of ether oxygens (including phenoxy) is 1. The number of rotatable bonds is 6. The molecule has 0 unspecified atom stereocenters. The first-order valence-electron chi connectivity index (χ1n) is 5.90. The Morgan fingerprint density at radius 1 is 1.32 bits per heavy atom. The standard InChI is InChI=1S/C14H16N2O2S/c1-18-12-4-2-10(3-5-12)7-16-8-13-6-11(9-19-13)14(15)17/h2-6,9,16H,7-8H2,1H3,(H2,15,17). The Morgan fingerprint density at radius 2 is 2.05 bits per heavy atom. The monoisotopic (exact) mass is 276 g/mol. The first kappa shape index (κ1) is 13.6. The molecule has 0 radical (unpaired) electrons. The Hall–Kier alpha value is -1.85. The van der Waals surface area contributed by atoms with Crippen LogP contribution in [-0.4, -0.2) is 13.0 Å². The van der Waals surface area contributed by atoms with Crippen LogP contribution in [0.3, 0.4) is 0 Å². The van der Waals surface area contributed by atoms with Gasteiger partial charge in [0.2, 0.25) is 5.91 Å². The van der Waals surface area contributed by atoms with Gasteiger partial charge in [0.15, 0.2) is 0 Å². The molecule has 1 heterocycles. The lowest BCUT2D eigenvalue weighted by molar-refractivity contribution is 0.100. The van der Waals surface area contributed by atoms with E-state index in [-0.39, 0.29) is 5.91 Å². The van der Waals surface area contributed by atoms with E-state index in [9.17, 15) is 4.79 Å². The normalized spacial score (nSPS) is 10.4. The van der Waals surface area contributed by atoms with E-state index in [1.54, 1.807) is 12.5 Å². The van der Waals surface area contributed by atoms with Gasteiger partial charge in [-0.2, -0.15) is 0 Å².